The highest BCUT2D eigenvalue weighted by molar-refractivity contribution is 6.09. The second-order valence-corrected chi connectivity index (χ2v) is 5.23. The van der Waals surface area contributed by atoms with E-state index in [1.165, 1.54) is 6.92 Å². The van der Waals surface area contributed by atoms with E-state index in [1.807, 2.05) is 12.1 Å². The normalized spacial score (nSPS) is 12.7. The van der Waals surface area contributed by atoms with Gasteiger partial charge in [-0.1, -0.05) is 48.5 Å². The van der Waals surface area contributed by atoms with Gasteiger partial charge in [0.2, 0.25) is 0 Å². The smallest absolute Gasteiger partial charge is 0.330 e. The number of ether oxygens (including phenoxy) is 1. The molecule has 0 aliphatic rings. The zero-order valence-electron chi connectivity index (χ0n) is 13.1. The average molecular weight is 307 g/mol. The van der Waals surface area contributed by atoms with Crippen molar-refractivity contribution in [3.63, 3.8) is 0 Å². The number of hydrogen-bond donors (Lipinski definition) is 0. The molecule has 0 spiro atoms. The Morgan fingerprint density at radius 2 is 1.74 bits per heavy atom. The van der Waals surface area contributed by atoms with E-state index in [0.717, 1.165) is 0 Å². The van der Waals surface area contributed by atoms with Gasteiger partial charge in [-0.25, -0.2) is 4.79 Å². The summed E-state index contributed by atoms with van der Waals surface area (Å²) in [5.74, 6) is -0.775. The zero-order valence-corrected chi connectivity index (χ0v) is 13.1. The van der Waals surface area contributed by atoms with Crippen molar-refractivity contribution in [1.82, 2.24) is 0 Å². The van der Waals surface area contributed by atoms with E-state index in [0.29, 0.717) is 16.7 Å². The number of nitrogens with zero attached hydrogens (tertiary/aromatic N) is 1. The number of benzene rings is 2. The topological polar surface area (TPSA) is 67.2 Å². The predicted octanol–water partition coefficient (Wildman–Crippen LogP) is 3.26. The standard InChI is InChI=1S/C19H17NO3/c1-3-23-18(22)19(2,13-20)16-11-7-10-15(12-16)17(21)14-8-5-4-6-9-14/h4-12H,3H2,1-2H3. The largest absolute Gasteiger partial charge is 0.465 e. The number of esters is 1. The number of nitriles is 1. The van der Waals surface area contributed by atoms with Crippen molar-refractivity contribution in [3.8, 4) is 6.07 Å². The van der Waals surface area contributed by atoms with Crippen LogP contribution in [0, 0.1) is 11.3 Å². The number of rotatable bonds is 5. The van der Waals surface area contributed by atoms with E-state index in [9.17, 15) is 14.9 Å². The first-order valence-electron chi connectivity index (χ1n) is 7.31. The Morgan fingerprint density at radius 3 is 2.35 bits per heavy atom. The van der Waals surface area contributed by atoms with E-state index < -0.39 is 11.4 Å². The molecule has 0 bridgehead atoms. The van der Waals surface area contributed by atoms with Crippen LogP contribution >= 0.6 is 0 Å². The number of carbonyl (C=O) groups excluding carboxylic acids is 2. The maximum Gasteiger partial charge on any atom is 0.330 e. The minimum Gasteiger partial charge on any atom is -0.465 e. The molecule has 0 saturated carbocycles. The van der Waals surface area contributed by atoms with Crippen LogP contribution in [0.2, 0.25) is 0 Å². The van der Waals surface area contributed by atoms with E-state index in [-0.39, 0.29) is 12.4 Å². The number of carbonyl (C=O) groups is 2. The van der Waals surface area contributed by atoms with Gasteiger partial charge in [0.15, 0.2) is 11.2 Å². The van der Waals surface area contributed by atoms with Crippen LogP contribution in [0.15, 0.2) is 54.6 Å². The van der Waals surface area contributed by atoms with Gasteiger partial charge in [0.25, 0.3) is 0 Å². The second-order valence-electron chi connectivity index (χ2n) is 5.23. The van der Waals surface area contributed by atoms with E-state index in [4.69, 9.17) is 4.74 Å². The SMILES string of the molecule is CCOC(=O)C(C)(C#N)c1cccc(C(=O)c2ccccc2)c1. The van der Waals surface area contributed by atoms with Gasteiger partial charge in [-0.2, -0.15) is 5.26 Å². The fourth-order valence-corrected chi connectivity index (χ4v) is 2.23. The summed E-state index contributed by atoms with van der Waals surface area (Å²) >= 11 is 0. The zero-order chi connectivity index (χ0) is 16.9. The summed E-state index contributed by atoms with van der Waals surface area (Å²) in [6.45, 7) is 3.38. The molecule has 4 nitrogen and oxygen atoms in total. The van der Waals surface area contributed by atoms with Crippen LogP contribution in [0.25, 0.3) is 0 Å². The number of hydrogen-bond acceptors (Lipinski definition) is 4. The maximum atomic E-state index is 12.5. The van der Waals surface area contributed by atoms with E-state index in [2.05, 4.69) is 0 Å². The van der Waals surface area contributed by atoms with Crippen LogP contribution in [-0.4, -0.2) is 18.4 Å². The third-order valence-electron chi connectivity index (χ3n) is 3.65. The first-order valence-corrected chi connectivity index (χ1v) is 7.31. The minimum atomic E-state index is -1.44. The molecule has 0 radical (unpaired) electrons. The Labute approximate surface area is 135 Å². The lowest BCUT2D eigenvalue weighted by atomic mass is 9.82. The molecule has 2 rings (SSSR count). The Morgan fingerprint density at radius 1 is 1.09 bits per heavy atom. The van der Waals surface area contributed by atoms with E-state index in [1.54, 1.807) is 55.5 Å². The third kappa shape index (κ3) is 3.29. The average Bonchev–Trinajstić information content (AvgIpc) is 2.61. The van der Waals surface area contributed by atoms with Crippen molar-refractivity contribution in [1.29, 1.82) is 5.26 Å². The highest BCUT2D eigenvalue weighted by atomic mass is 16.5. The van der Waals surface area contributed by atoms with Crippen molar-refractivity contribution in [3.05, 3.63) is 71.3 Å². The molecule has 0 amide bonds. The van der Waals surface area contributed by atoms with Gasteiger partial charge >= 0.3 is 5.97 Å². The fourth-order valence-electron chi connectivity index (χ4n) is 2.23. The van der Waals surface area contributed by atoms with Crippen LogP contribution in [0.5, 0.6) is 0 Å². The Bertz CT molecular complexity index is 762. The van der Waals surface area contributed by atoms with Crippen LogP contribution in [0.4, 0.5) is 0 Å². The summed E-state index contributed by atoms with van der Waals surface area (Å²) in [5.41, 5.74) is -0.0117. The Kier molecular flexibility index (Phi) is 4.92. The van der Waals surface area contributed by atoms with Crippen LogP contribution in [-0.2, 0) is 14.9 Å². The summed E-state index contributed by atoms with van der Waals surface area (Å²) in [6, 6.07) is 17.4. The van der Waals surface area contributed by atoms with Gasteiger partial charge in [0, 0.05) is 11.1 Å². The molecule has 0 aromatic heterocycles. The molecule has 0 N–H and O–H groups in total. The van der Waals surface area contributed by atoms with Crippen molar-refractivity contribution in [2.45, 2.75) is 19.3 Å². The molecule has 1 atom stereocenters. The monoisotopic (exact) mass is 307 g/mol. The van der Waals surface area contributed by atoms with Crippen LogP contribution in [0.1, 0.15) is 35.3 Å². The van der Waals surface area contributed by atoms with E-state index >= 15 is 0 Å². The molecular formula is C19H17NO3. The molecule has 2 aromatic rings. The van der Waals surface area contributed by atoms with Gasteiger partial charge in [-0.05, 0) is 25.5 Å². The summed E-state index contributed by atoms with van der Waals surface area (Å²) in [6.07, 6.45) is 0. The second kappa shape index (κ2) is 6.89. The quantitative estimate of drug-likeness (QED) is 0.628. The van der Waals surface area contributed by atoms with Gasteiger partial charge in [0.05, 0.1) is 12.7 Å². The minimum absolute atomic E-state index is 0.156. The molecule has 4 heteroatoms. The van der Waals surface area contributed by atoms with Gasteiger partial charge in [0.1, 0.15) is 0 Å². The first kappa shape index (κ1) is 16.4. The predicted molar refractivity (Wildman–Crippen MR) is 85.9 cm³/mol. The van der Waals surface area contributed by atoms with Gasteiger partial charge < -0.3 is 4.74 Å². The van der Waals surface area contributed by atoms with Gasteiger partial charge in [-0.15, -0.1) is 0 Å². The summed E-state index contributed by atoms with van der Waals surface area (Å²) < 4.78 is 4.99. The van der Waals surface area contributed by atoms with Crippen LogP contribution in [0.3, 0.4) is 0 Å². The first-order chi connectivity index (χ1) is 11.0. The lowest BCUT2D eigenvalue weighted by molar-refractivity contribution is -0.147. The molecule has 0 aliphatic carbocycles. The molecule has 0 fully saturated rings. The highest BCUT2D eigenvalue weighted by Gasteiger charge is 2.37. The van der Waals surface area contributed by atoms with Crippen molar-refractivity contribution >= 4 is 11.8 Å². The highest BCUT2D eigenvalue weighted by Crippen LogP contribution is 2.26. The molecule has 0 aliphatic heterocycles. The molecule has 0 saturated heterocycles. The molecule has 0 heterocycles. The summed E-state index contributed by atoms with van der Waals surface area (Å²) in [7, 11) is 0. The summed E-state index contributed by atoms with van der Waals surface area (Å²) in [4.78, 5) is 24.6. The molecular weight excluding hydrogens is 290 g/mol. The lowest BCUT2D eigenvalue weighted by Crippen LogP contribution is -2.33. The lowest BCUT2D eigenvalue weighted by Gasteiger charge is -2.20. The fraction of sp³-hybridized carbons (Fsp3) is 0.211. The number of ketones is 1. The van der Waals surface area contributed by atoms with Crippen molar-refractivity contribution in [2.24, 2.45) is 0 Å². The van der Waals surface area contributed by atoms with Crippen molar-refractivity contribution in [2.75, 3.05) is 6.61 Å². The molecule has 23 heavy (non-hydrogen) atoms. The Balaban J connectivity index is 2.42. The molecule has 116 valence electrons. The van der Waals surface area contributed by atoms with Gasteiger partial charge in [-0.3, -0.25) is 4.79 Å². The maximum absolute atomic E-state index is 12.5. The third-order valence-corrected chi connectivity index (χ3v) is 3.65. The Hall–Kier alpha value is -2.93. The van der Waals surface area contributed by atoms with Crippen molar-refractivity contribution < 1.29 is 14.3 Å². The molecule has 2 aromatic carbocycles. The molecule has 1 unspecified atom stereocenters. The summed E-state index contributed by atoms with van der Waals surface area (Å²) in [5, 5.41) is 9.45. The van der Waals surface area contributed by atoms with Crippen LogP contribution < -0.4 is 0 Å².